The molecule has 1 atom stereocenters. The van der Waals surface area contributed by atoms with Crippen molar-refractivity contribution in [1.29, 1.82) is 0 Å². The van der Waals surface area contributed by atoms with E-state index >= 15 is 0 Å². The van der Waals surface area contributed by atoms with Crippen LogP contribution in [0, 0.1) is 5.92 Å². The molecule has 1 aliphatic heterocycles. The van der Waals surface area contributed by atoms with Gasteiger partial charge >= 0.3 is 0 Å². The van der Waals surface area contributed by atoms with Crippen LogP contribution in [0.3, 0.4) is 0 Å². The molecule has 78 valence electrons. The SMILES string of the molecule is CC(C)CCN1CCNC(C)CC1. The molecule has 1 rings (SSSR count). The number of nitrogens with one attached hydrogen (secondary N) is 1. The summed E-state index contributed by atoms with van der Waals surface area (Å²) in [6.07, 6.45) is 2.65. The molecule has 2 heteroatoms. The van der Waals surface area contributed by atoms with Crippen LogP contribution < -0.4 is 5.32 Å². The zero-order valence-electron chi connectivity index (χ0n) is 9.34. The van der Waals surface area contributed by atoms with Crippen molar-refractivity contribution in [3.8, 4) is 0 Å². The van der Waals surface area contributed by atoms with Crippen LogP contribution in [0.5, 0.6) is 0 Å². The third-order valence-electron chi connectivity index (χ3n) is 2.82. The summed E-state index contributed by atoms with van der Waals surface area (Å²) in [6, 6.07) is 0.712. The van der Waals surface area contributed by atoms with Gasteiger partial charge in [-0.25, -0.2) is 0 Å². The van der Waals surface area contributed by atoms with Crippen molar-refractivity contribution in [3.63, 3.8) is 0 Å². The molecule has 1 N–H and O–H groups in total. The Hall–Kier alpha value is -0.0800. The summed E-state index contributed by atoms with van der Waals surface area (Å²) >= 11 is 0. The van der Waals surface area contributed by atoms with E-state index < -0.39 is 0 Å². The van der Waals surface area contributed by atoms with Crippen LogP contribution >= 0.6 is 0 Å². The first-order valence-electron chi connectivity index (χ1n) is 5.64. The molecule has 0 aromatic rings. The molecule has 0 aliphatic carbocycles. The van der Waals surface area contributed by atoms with Gasteiger partial charge < -0.3 is 10.2 Å². The molecule has 13 heavy (non-hydrogen) atoms. The van der Waals surface area contributed by atoms with E-state index in [2.05, 4.69) is 31.0 Å². The Kier molecular flexibility index (Phi) is 4.74. The Morgan fingerprint density at radius 3 is 2.85 bits per heavy atom. The molecule has 0 saturated carbocycles. The highest BCUT2D eigenvalue weighted by atomic mass is 15.2. The van der Waals surface area contributed by atoms with Crippen LogP contribution in [0.25, 0.3) is 0 Å². The van der Waals surface area contributed by atoms with E-state index in [1.807, 2.05) is 0 Å². The second-order valence-electron chi connectivity index (χ2n) is 4.67. The van der Waals surface area contributed by atoms with Crippen LogP contribution in [0.15, 0.2) is 0 Å². The largest absolute Gasteiger partial charge is 0.313 e. The summed E-state index contributed by atoms with van der Waals surface area (Å²) in [4.78, 5) is 2.59. The van der Waals surface area contributed by atoms with E-state index in [4.69, 9.17) is 0 Å². The Labute approximate surface area is 82.7 Å². The van der Waals surface area contributed by atoms with Gasteiger partial charge in [-0.05, 0) is 38.8 Å². The zero-order chi connectivity index (χ0) is 9.68. The molecular formula is C11H24N2. The van der Waals surface area contributed by atoms with Crippen molar-refractivity contribution in [2.45, 2.75) is 39.7 Å². The van der Waals surface area contributed by atoms with E-state index in [1.54, 1.807) is 0 Å². The summed E-state index contributed by atoms with van der Waals surface area (Å²) in [6.45, 7) is 11.9. The van der Waals surface area contributed by atoms with Gasteiger partial charge in [0.2, 0.25) is 0 Å². The summed E-state index contributed by atoms with van der Waals surface area (Å²) in [7, 11) is 0. The van der Waals surface area contributed by atoms with Crippen LogP contribution in [-0.2, 0) is 0 Å². The van der Waals surface area contributed by atoms with Gasteiger partial charge in [0.1, 0.15) is 0 Å². The van der Waals surface area contributed by atoms with Crippen LogP contribution in [0.1, 0.15) is 33.6 Å². The zero-order valence-corrected chi connectivity index (χ0v) is 9.34. The first kappa shape index (κ1) is 11.0. The average molecular weight is 184 g/mol. The van der Waals surface area contributed by atoms with Crippen molar-refractivity contribution in [1.82, 2.24) is 10.2 Å². The summed E-state index contributed by atoms with van der Waals surface area (Å²) in [5.41, 5.74) is 0. The highest BCUT2D eigenvalue weighted by Gasteiger charge is 2.12. The van der Waals surface area contributed by atoms with Gasteiger partial charge in [0, 0.05) is 19.1 Å². The first-order valence-corrected chi connectivity index (χ1v) is 5.64. The summed E-state index contributed by atoms with van der Waals surface area (Å²) in [5, 5.41) is 3.52. The molecule has 1 heterocycles. The minimum Gasteiger partial charge on any atom is -0.313 e. The Balaban J connectivity index is 2.18. The van der Waals surface area contributed by atoms with Crippen LogP contribution in [-0.4, -0.2) is 37.1 Å². The number of hydrogen-bond donors (Lipinski definition) is 1. The first-order chi connectivity index (χ1) is 6.18. The average Bonchev–Trinajstić information content (AvgIpc) is 2.27. The predicted molar refractivity (Wildman–Crippen MR) is 58.0 cm³/mol. The maximum Gasteiger partial charge on any atom is 0.0107 e. The van der Waals surface area contributed by atoms with E-state index in [-0.39, 0.29) is 0 Å². The Morgan fingerprint density at radius 1 is 1.38 bits per heavy atom. The lowest BCUT2D eigenvalue weighted by Gasteiger charge is -2.20. The van der Waals surface area contributed by atoms with Crippen molar-refractivity contribution >= 4 is 0 Å². The van der Waals surface area contributed by atoms with E-state index in [0.717, 1.165) is 5.92 Å². The predicted octanol–water partition coefficient (Wildman–Crippen LogP) is 1.72. The standard InChI is InChI=1S/C11H24N2/c1-10(2)4-7-13-8-5-11(3)12-6-9-13/h10-12H,4-9H2,1-3H3. The van der Waals surface area contributed by atoms with E-state index in [0.29, 0.717) is 6.04 Å². The molecule has 1 saturated heterocycles. The molecule has 0 bridgehead atoms. The third kappa shape index (κ3) is 4.63. The van der Waals surface area contributed by atoms with Gasteiger partial charge in [-0.2, -0.15) is 0 Å². The van der Waals surface area contributed by atoms with Crippen LogP contribution in [0.4, 0.5) is 0 Å². The van der Waals surface area contributed by atoms with Crippen molar-refractivity contribution in [2.24, 2.45) is 5.92 Å². The fourth-order valence-electron chi connectivity index (χ4n) is 1.72. The summed E-state index contributed by atoms with van der Waals surface area (Å²) < 4.78 is 0. The number of hydrogen-bond acceptors (Lipinski definition) is 2. The lowest BCUT2D eigenvalue weighted by molar-refractivity contribution is 0.272. The fourth-order valence-corrected chi connectivity index (χ4v) is 1.72. The molecular weight excluding hydrogens is 160 g/mol. The van der Waals surface area contributed by atoms with Gasteiger partial charge in [0.15, 0.2) is 0 Å². The highest BCUT2D eigenvalue weighted by molar-refractivity contribution is 4.71. The lowest BCUT2D eigenvalue weighted by atomic mass is 10.1. The Bertz CT molecular complexity index is 134. The monoisotopic (exact) mass is 184 g/mol. The Morgan fingerprint density at radius 2 is 2.15 bits per heavy atom. The third-order valence-corrected chi connectivity index (χ3v) is 2.82. The smallest absolute Gasteiger partial charge is 0.0107 e. The number of nitrogens with zero attached hydrogens (tertiary/aromatic N) is 1. The molecule has 0 amide bonds. The maximum atomic E-state index is 3.52. The quantitative estimate of drug-likeness (QED) is 0.718. The van der Waals surface area contributed by atoms with E-state index in [1.165, 1.54) is 39.0 Å². The van der Waals surface area contributed by atoms with Gasteiger partial charge in [0.05, 0.1) is 0 Å². The maximum absolute atomic E-state index is 3.52. The number of rotatable bonds is 3. The molecule has 0 aromatic carbocycles. The highest BCUT2D eigenvalue weighted by Crippen LogP contribution is 2.05. The lowest BCUT2D eigenvalue weighted by Crippen LogP contribution is -2.30. The second-order valence-corrected chi connectivity index (χ2v) is 4.67. The van der Waals surface area contributed by atoms with Crippen LogP contribution in [0.2, 0.25) is 0 Å². The van der Waals surface area contributed by atoms with Gasteiger partial charge in [-0.1, -0.05) is 13.8 Å². The molecule has 0 aromatic heterocycles. The minimum absolute atomic E-state index is 0.712. The van der Waals surface area contributed by atoms with Gasteiger partial charge in [-0.3, -0.25) is 0 Å². The molecule has 0 spiro atoms. The molecule has 1 unspecified atom stereocenters. The van der Waals surface area contributed by atoms with E-state index in [9.17, 15) is 0 Å². The van der Waals surface area contributed by atoms with Gasteiger partial charge in [-0.15, -0.1) is 0 Å². The molecule has 1 fully saturated rings. The molecule has 0 radical (unpaired) electrons. The van der Waals surface area contributed by atoms with Gasteiger partial charge in [0.25, 0.3) is 0 Å². The van der Waals surface area contributed by atoms with Crippen molar-refractivity contribution in [3.05, 3.63) is 0 Å². The topological polar surface area (TPSA) is 15.3 Å². The molecule has 1 aliphatic rings. The fraction of sp³-hybridized carbons (Fsp3) is 1.00. The second kappa shape index (κ2) is 5.61. The van der Waals surface area contributed by atoms with Crippen molar-refractivity contribution in [2.75, 3.05) is 26.2 Å². The summed E-state index contributed by atoms with van der Waals surface area (Å²) in [5.74, 6) is 0.841. The van der Waals surface area contributed by atoms with Crippen molar-refractivity contribution < 1.29 is 0 Å². The minimum atomic E-state index is 0.712. The molecule has 2 nitrogen and oxygen atoms in total. The normalized spacial score (nSPS) is 26.3.